The van der Waals surface area contributed by atoms with Crippen molar-refractivity contribution in [3.8, 4) is 0 Å². The number of pyridine rings is 1. The summed E-state index contributed by atoms with van der Waals surface area (Å²) in [7, 11) is 0. The fraction of sp³-hybridized carbons (Fsp3) is 0.750. The average molecular weight is 417 g/mol. The van der Waals surface area contributed by atoms with E-state index in [0.29, 0.717) is 0 Å². The van der Waals surface area contributed by atoms with Crippen LogP contribution in [0.1, 0.15) is 56.9 Å². The summed E-state index contributed by atoms with van der Waals surface area (Å²) in [6.07, 6.45) is 14.6. The number of urea groups is 1. The lowest BCUT2D eigenvalue weighted by atomic mass is 9.87. The summed E-state index contributed by atoms with van der Waals surface area (Å²) >= 11 is 0. The zero-order chi connectivity index (χ0) is 20.9. The number of hydrogen-bond donors (Lipinski definition) is 1. The van der Waals surface area contributed by atoms with Gasteiger partial charge in [-0.3, -0.25) is 9.88 Å². The Balaban J connectivity index is 1.39. The number of aryl methyl sites for hydroxylation is 1. The van der Waals surface area contributed by atoms with Gasteiger partial charge in [0.1, 0.15) is 0 Å². The van der Waals surface area contributed by atoms with Gasteiger partial charge in [0.25, 0.3) is 0 Å². The summed E-state index contributed by atoms with van der Waals surface area (Å²) in [6.45, 7) is 7.23. The van der Waals surface area contributed by atoms with E-state index in [-0.39, 0.29) is 6.03 Å². The number of nitrogens with zero attached hydrogens (tertiary/aromatic N) is 3. The van der Waals surface area contributed by atoms with E-state index in [0.717, 1.165) is 84.1 Å². The monoisotopic (exact) mass is 416 g/mol. The first kappa shape index (κ1) is 23.0. The summed E-state index contributed by atoms with van der Waals surface area (Å²) in [5, 5.41) is 3.17. The molecule has 3 rings (SSSR count). The average Bonchev–Trinajstić information content (AvgIpc) is 2.81. The molecule has 2 amide bonds. The molecule has 6 heteroatoms. The minimum absolute atomic E-state index is 0.113. The van der Waals surface area contributed by atoms with Gasteiger partial charge in [-0.15, -0.1) is 0 Å². The number of rotatable bonds is 11. The second-order valence-corrected chi connectivity index (χ2v) is 8.78. The van der Waals surface area contributed by atoms with Gasteiger partial charge in [0.15, 0.2) is 0 Å². The van der Waals surface area contributed by atoms with Gasteiger partial charge in [0.2, 0.25) is 0 Å². The van der Waals surface area contributed by atoms with Crippen molar-refractivity contribution >= 4 is 6.03 Å². The highest BCUT2D eigenvalue weighted by molar-refractivity contribution is 5.74. The van der Waals surface area contributed by atoms with Crippen molar-refractivity contribution < 1.29 is 9.53 Å². The number of carbonyl (C=O) groups is 1. The maximum Gasteiger partial charge on any atom is 0.317 e. The van der Waals surface area contributed by atoms with Gasteiger partial charge in [-0.25, -0.2) is 4.79 Å². The summed E-state index contributed by atoms with van der Waals surface area (Å²) in [5.41, 5.74) is 1.28. The van der Waals surface area contributed by atoms with Gasteiger partial charge < -0.3 is 15.0 Å². The number of ether oxygens (including phenoxy) is 1. The molecule has 0 atom stereocenters. The van der Waals surface area contributed by atoms with Crippen LogP contribution in [0, 0.1) is 5.92 Å². The molecule has 1 aliphatic carbocycles. The van der Waals surface area contributed by atoms with Gasteiger partial charge in [-0.2, -0.15) is 0 Å². The van der Waals surface area contributed by atoms with Crippen LogP contribution in [0.3, 0.4) is 0 Å². The second kappa shape index (κ2) is 13.6. The summed E-state index contributed by atoms with van der Waals surface area (Å²) in [4.78, 5) is 21.5. The van der Waals surface area contributed by atoms with Gasteiger partial charge in [0, 0.05) is 51.7 Å². The number of morpholine rings is 1. The zero-order valence-electron chi connectivity index (χ0n) is 18.6. The standard InChI is InChI=1S/C24H40N4O2/c29-24(26-12-4-8-23-9-13-25-14-10-23)28(17-11-22-6-2-1-3-7-22)16-5-15-27-18-20-30-21-19-27/h9-10,13-14,22H,1-8,11-12,15-21H2,(H,26,29). The summed E-state index contributed by atoms with van der Waals surface area (Å²) < 4.78 is 5.44. The lowest BCUT2D eigenvalue weighted by Gasteiger charge is -2.30. The van der Waals surface area contributed by atoms with Crippen LogP contribution in [0.25, 0.3) is 0 Å². The first-order chi connectivity index (χ1) is 14.8. The third-order valence-corrected chi connectivity index (χ3v) is 6.49. The lowest BCUT2D eigenvalue weighted by Crippen LogP contribution is -2.43. The molecule has 1 aromatic rings. The summed E-state index contributed by atoms with van der Waals surface area (Å²) in [6, 6.07) is 4.20. The smallest absolute Gasteiger partial charge is 0.317 e. The molecule has 1 saturated carbocycles. The predicted molar refractivity (Wildman–Crippen MR) is 121 cm³/mol. The highest BCUT2D eigenvalue weighted by Gasteiger charge is 2.18. The van der Waals surface area contributed by atoms with E-state index in [1.165, 1.54) is 37.7 Å². The van der Waals surface area contributed by atoms with Gasteiger partial charge >= 0.3 is 6.03 Å². The number of nitrogens with one attached hydrogen (secondary N) is 1. The van der Waals surface area contributed by atoms with Crippen LogP contribution in [0.4, 0.5) is 4.79 Å². The van der Waals surface area contributed by atoms with Crippen LogP contribution in [-0.2, 0) is 11.2 Å². The van der Waals surface area contributed by atoms with E-state index in [1.54, 1.807) is 0 Å². The Kier molecular flexibility index (Phi) is 10.4. The molecule has 0 aromatic carbocycles. The normalized spacial score (nSPS) is 18.3. The molecule has 0 spiro atoms. The number of carbonyl (C=O) groups excluding carboxylic acids is 1. The Morgan fingerprint density at radius 2 is 1.87 bits per heavy atom. The molecule has 2 heterocycles. The first-order valence-corrected chi connectivity index (χ1v) is 12.0. The van der Waals surface area contributed by atoms with Crippen molar-refractivity contribution in [3.63, 3.8) is 0 Å². The molecular weight excluding hydrogens is 376 g/mol. The quantitative estimate of drug-likeness (QED) is 0.559. The zero-order valence-corrected chi connectivity index (χ0v) is 18.6. The molecular formula is C24H40N4O2. The Labute approximate surface area is 182 Å². The topological polar surface area (TPSA) is 57.7 Å². The SMILES string of the molecule is O=C(NCCCc1ccncc1)N(CCCN1CCOCC1)CCC1CCCCC1. The van der Waals surface area contributed by atoms with Gasteiger partial charge in [-0.05, 0) is 49.3 Å². The second-order valence-electron chi connectivity index (χ2n) is 8.78. The Bertz CT molecular complexity index is 586. The fourth-order valence-corrected chi connectivity index (χ4v) is 4.59. The largest absolute Gasteiger partial charge is 0.379 e. The minimum Gasteiger partial charge on any atom is -0.379 e. The van der Waals surface area contributed by atoms with Crippen LogP contribution >= 0.6 is 0 Å². The van der Waals surface area contributed by atoms with E-state index < -0.39 is 0 Å². The van der Waals surface area contributed by atoms with E-state index in [4.69, 9.17) is 4.74 Å². The molecule has 0 unspecified atom stereocenters. The highest BCUT2D eigenvalue weighted by Crippen LogP contribution is 2.26. The minimum atomic E-state index is 0.113. The van der Waals surface area contributed by atoms with E-state index >= 15 is 0 Å². The third kappa shape index (κ3) is 8.60. The maximum absolute atomic E-state index is 12.9. The van der Waals surface area contributed by atoms with E-state index in [2.05, 4.69) is 20.1 Å². The van der Waals surface area contributed by atoms with Crippen LogP contribution < -0.4 is 5.32 Å². The first-order valence-electron chi connectivity index (χ1n) is 12.0. The highest BCUT2D eigenvalue weighted by atomic mass is 16.5. The van der Waals surface area contributed by atoms with Crippen molar-refractivity contribution in [1.82, 2.24) is 20.1 Å². The number of hydrogen-bond acceptors (Lipinski definition) is 4. The van der Waals surface area contributed by atoms with Gasteiger partial charge in [0.05, 0.1) is 13.2 Å². The fourth-order valence-electron chi connectivity index (χ4n) is 4.59. The van der Waals surface area contributed by atoms with Crippen molar-refractivity contribution in [2.24, 2.45) is 5.92 Å². The van der Waals surface area contributed by atoms with Crippen molar-refractivity contribution in [1.29, 1.82) is 0 Å². The van der Waals surface area contributed by atoms with Gasteiger partial charge in [-0.1, -0.05) is 32.1 Å². The Morgan fingerprint density at radius 3 is 2.63 bits per heavy atom. The number of amides is 2. The molecule has 0 bridgehead atoms. The molecule has 30 heavy (non-hydrogen) atoms. The molecule has 1 aromatic heterocycles. The molecule has 0 radical (unpaired) electrons. The van der Waals surface area contributed by atoms with Crippen LogP contribution in [0.2, 0.25) is 0 Å². The van der Waals surface area contributed by atoms with E-state index in [1.807, 2.05) is 24.5 Å². The van der Waals surface area contributed by atoms with Crippen molar-refractivity contribution in [2.45, 2.75) is 57.8 Å². The molecule has 6 nitrogen and oxygen atoms in total. The van der Waals surface area contributed by atoms with Crippen LogP contribution in [-0.4, -0.2) is 73.3 Å². The molecule has 2 aliphatic rings. The van der Waals surface area contributed by atoms with E-state index in [9.17, 15) is 4.79 Å². The van der Waals surface area contributed by atoms with Crippen molar-refractivity contribution in [2.75, 3.05) is 52.5 Å². The van der Waals surface area contributed by atoms with Crippen LogP contribution in [0.15, 0.2) is 24.5 Å². The molecule has 1 saturated heterocycles. The molecule has 168 valence electrons. The van der Waals surface area contributed by atoms with Crippen molar-refractivity contribution in [3.05, 3.63) is 30.1 Å². The Morgan fingerprint density at radius 1 is 1.10 bits per heavy atom. The number of aromatic nitrogens is 1. The summed E-state index contributed by atoms with van der Waals surface area (Å²) in [5.74, 6) is 0.806. The Hall–Kier alpha value is -1.66. The molecule has 1 aliphatic heterocycles. The third-order valence-electron chi connectivity index (χ3n) is 6.49. The molecule has 2 fully saturated rings. The maximum atomic E-state index is 12.9. The lowest BCUT2D eigenvalue weighted by molar-refractivity contribution is 0.0364. The molecule has 1 N–H and O–H groups in total. The predicted octanol–water partition coefficient (Wildman–Crippen LogP) is 3.72. The van der Waals surface area contributed by atoms with Crippen LogP contribution in [0.5, 0.6) is 0 Å².